The first-order chi connectivity index (χ1) is 9.40. The molecule has 3 N–H and O–H groups in total. The number of amides is 1. The molecule has 0 aromatic carbocycles. The molecule has 2 heterocycles. The number of hydrogen-bond donors (Lipinski definition) is 2. The first-order valence-corrected chi connectivity index (χ1v) is 7.32. The molecule has 6 heteroatoms. The summed E-state index contributed by atoms with van der Waals surface area (Å²) in [6.07, 6.45) is 2.92. The summed E-state index contributed by atoms with van der Waals surface area (Å²) in [5, 5.41) is 9.24. The number of hydrogen-bond acceptors (Lipinski definition) is 4. The van der Waals surface area contributed by atoms with Crippen LogP contribution < -0.4 is 5.73 Å². The lowest BCUT2D eigenvalue weighted by molar-refractivity contribution is -0.144. The highest BCUT2D eigenvalue weighted by atomic mass is 16.4. The standard InChI is InChI=1S/C14H25N3O3/c1-16-5-3-9(13(15)18)7-11(16)12-8-10(14(19)20)4-6-17(12)2/h9-12H,3-8H2,1-2H3,(H2,15,18)(H,19,20). The van der Waals surface area contributed by atoms with Crippen molar-refractivity contribution in [2.45, 2.75) is 37.8 Å². The topological polar surface area (TPSA) is 86.9 Å². The molecule has 4 unspecified atom stereocenters. The molecular weight excluding hydrogens is 258 g/mol. The smallest absolute Gasteiger partial charge is 0.306 e. The van der Waals surface area contributed by atoms with Crippen LogP contribution in [0.2, 0.25) is 0 Å². The third kappa shape index (κ3) is 3.12. The molecule has 20 heavy (non-hydrogen) atoms. The SMILES string of the molecule is CN1CCC(C(N)=O)CC1C1CC(C(=O)O)CCN1C. The molecule has 2 aliphatic rings. The zero-order valence-corrected chi connectivity index (χ0v) is 12.3. The van der Waals surface area contributed by atoms with Crippen LogP contribution in [0.5, 0.6) is 0 Å². The van der Waals surface area contributed by atoms with Gasteiger partial charge in [-0.2, -0.15) is 0 Å². The molecular formula is C14H25N3O3. The molecule has 0 aliphatic carbocycles. The van der Waals surface area contributed by atoms with E-state index in [1.807, 2.05) is 7.05 Å². The number of aliphatic carboxylic acids is 1. The van der Waals surface area contributed by atoms with Crippen LogP contribution in [0.1, 0.15) is 25.7 Å². The van der Waals surface area contributed by atoms with E-state index in [4.69, 9.17) is 5.73 Å². The van der Waals surface area contributed by atoms with Gasteiger partial charge < -0.3 is 20.6 Å². The number of carbonyl (C=O) groups is 2. The Kier molecular flexibility index (Phi) is 4.65. The molecule has 0 bridgehead atoms. The number of primary amides is 1. The number of nitrogens with two attached hydrogens (primary N) is 1. The normalized spacial score (nSPS) is 36.7. The van der Waals surface area contributed by atoms with Gasteiger partial charge in [-0.1, -0.05) is 0 Å². The minimum absolute atomic E-state index is 0.0743. The average molecular weight is 283 g/mol. The van der Waals surface area contributed by atoms with Gasteiger partial charge in [0.1, 0.15) is 0 Å². The maximum atomic E-state index is 11.4. The fraction of sp³-hybridized carbons (Fsp3) is 0.857. The van der Waals surface area contributed by atoms with Crippen molar-refractivity contribution < 1.29 is 14.7 Å². The first-order valence-electron chi connectivity index (χ1n) is 7.32. The zero-order valence-electron chi connectivity index (χ0n) is 12.3. The Morgan fingerprint density at radius 3 is 1.90 bits per heavy atom. The number of piperidine rings is 2. The highest BCUT2D eigenvalue weighted by Gasteiger charge is 2.40. The van der Waals surface area contributed by atoms with E-state index >= 15 is 0 Å². The number of likely N-dealkylation sites (tertiary alicyclic amines) is 2. The molecule has 0 spiro atoms. The van der Waals surface area contributed by atoms with Crippen molar-refractivity contribution in [3.8, 4) is 0 Å². The number of carbonyl (C=O) groups excluding carboxylic acids is 1. The van der Waals surface area contributed by atoms with Crippen LogP contribution >= 0.6 is 0 Å². The van der Waals surface area contributed by atoms with Gasteiger partial charge in [-0.25, -0.2) is 0 Å². The summed E-state index contributed by atoms with van der Waals surface area (Å²) >= 11 is 0. The van der Waals surface area contributed by atoms with Gasteiger partial charge in [-0.15, -0.1) is 0 Å². The van der Waals surface area contributed by atoms with Crippen molar-refractivity contribution in [1.82, 2.24) is 9.80 Å². The minimum atomic E-state index is -0.701. The van der Waals surface area contributed by atoms with E-state index in [0.717, 1.165) is 25.9 Å². The van der Waals surface area contributed by atoms with Gasteiger partial charge in [0.25, 0.3) is 0 Å². The van der Waals surface area contributed by atoms with E-state index in [-0.39, 0.29) is 29.8 Å². The lowest BCUT2D eigenvalue weighted by Gasteiger charge is -2.46. The third-order valence-corrected chi connectivity index (χ3v) is 5.04. The predicted molar refractivity (Wildman–Crippen MR) is 75.1 cm³/mol. The second-order valence-electron chi connectivity index (χ2n) is 6.28. The van der Waals surface area contributed by atoms with Crippen molar-refractivity contribution in [2.75, 3.05) is 27.2 Å². The molecule has 2 aliphatic heterocycles. The lowest BCUT2D eigenvalue weighted by atomic mass is 9.80. The predicted octanol–water partition coefficient (Wildman–Crippen LogP) is -0.0229. The molecule has 2 rings (SSSR count). The summed E-state index contributed by atoms with van der Waals surface area (Å²) in [6, 6.07) is 0.408. The van der Waals surface area contributed by atoms with E-state index in [0.29, 0.717) is 12.8 Å². The van der Waals surface area contributed by atoms with Crippen LogP contribution in [0, 0.1) is 11.8 Å². The molecule has 0 aromatic heterocycles. The Morgan fingerprint density at radius 2 is 1.45 bits per heavy atom. The van der Waals surface area contributed by atoms with E-state index in [2.05, 4.69) is 16.8 Å². The van der Waals surface area contributed by atoms with E-state index in [1.165, 1.54) is 0 Å². The number of carboxylic acids is 1. The summed E-state index contributed by atoms with van der Waals surface area (Å²) in [5.74, 6) is -1.27. The van der Waals surface area contributed by atoms with E-state index in [1.54, 1.807) is 0 Å². The van der Waals surface area contributed by atoms with Gasteiger partial charge in [0.2, 0.25) is 5.91 Å². The first kappa shape index (κ1) is 15.3. The van der Waals surface area contributed by atoms with Crippen LogP contribution in [0.15, 0.2) is 0 Å². The Balaban J connectivity index is 2.09. The summed E-state index contributed by atoms with van der Waals surface area (Å²) in [6.45, 7) is 1.65. The van der Waals surface area contributed by atoms with Gasteiger partial charge in [0, 0.05) is 18.0 Å². The average Bonchev–Trinajstić information content (AvgIpc) is 2.39. The third-order valence-electron chi connectivity index (χ3n) is 5.04. The summed E-state index contributed by atoms with van der Waals surface area (Å²) in [5.41, 5.74) is 5.45. The van der Waals surface area contributed by atoms with Crippen LogP contribution in [0.25, 0.3) is 0 Å². The second-order valence-corrected chi connectivity index (χ2v) is 6.28. The summed E-state index contributed by atoms with van der Waals surface area (Å²) < 4.78 is 0. The summed E-state index contributed by atoms with van der Waals surface area (Å²) in [4.78, 5) is 27.2. The highest BCUT2D eigenvalue weighted by molar-refractivity contribution is 5.76. The molecule has 2 saturated heterocycles. The monoisotopic (exact) mass is 283 g/mol. The molecule has 1 amide bonds. The number of likely N-dealkylation sites (N-methyl/N-ethyl adjacent to an activating group) is 2. The molecule has 6 nitrogen and oxygen atoms in total. The molecule has 0 aromatic rings. The Labute approximate surface area is 119 Å². The van der Waals surface area contributed by atoms with Crippen molar-refractivity contribution >= 4 is 11.9 Å². The Hall–Kier alpha value is -1.14. The minimum Gasteiger partial charge on any atom is -0.481 e. The Bertz CT molecular complexity index is 352. The fourth-order valence-corrected chi connectivity index (χ4v) is 3.61. The quantitative estimate of drug-likeness (QED) is 0.760. The maximum absolute atomic E-state index is 11.4. The van der Waals surface area contributed by atoms with Gasteiger partial charge in [0.15, 0.2) is 0 Å². The molecule has 114 valence electrons. The largest absolute Gasteiger partial charge is 0.481 e. The fourth-order valence-electron chi connectivity index (χ4n) is 3.61. The second kappa shape index (κ2) is 6.10. The number of nitrogens with zero attached hydrogens (tertiary/aromatic N) is 2. The van der Waals surface area contributed by atoms with Gasteiger partial charge in [-0.05, 0) is 52.9 Å². The molecule has 0 radical (unpaired) electrons. The zero-order chi connectivity index (χ0) is 14.9. The lowest BCUT2D eigenvalue weighted by Crippen LogP contribution is -2.57. The summed E-state index contributed by atoms with van der Waals surface area (Å²) in [7, 11) is 4.10. The van der Waals surface area contributed by atoms with E-state index in [9.17, 15) is 14.7 Å². The van der Waals surface area contributed by atoms with Crippen molar-refractivity contribution in [1.29, 1.82) is 0 Å². The van der Waals surface area contributed by atoms with Crippen LogP contribution in [0.3, 0.4) is 0 Å². The number of carboxylic acid groups (broad SMARTS) is 1. The van der Waals surface area contributed by atoms with Crippen molar-refractivity contribution in [3.05, 3.63) is 0 Å². The van der Waals surface area contributed by atoms with Crippen molar-refractivity contribution in [2.24, 2.45) is 17.6 Å². The maximum Gasteiger partial charge on any atom is 0.306 e. The van der Waals surface area contributed by atoms with Crippen LogP contribution in [-0.4, -0.2) is 66.1 Å². The van der Waals surface area contributed by atoms with Gasteiger partial charge >= 0.3 is 5.97 Å². The van der Waals surface area contributed by atoms with Crippen molar-refractivity contribution in [3.63, 3.8) is 0 Å². The molecule has 4 atom stereocenters. The van der Waals surface area contributed by atoms with Crippen LogP contribution in [-0.2, 0) is 9.59 Å². The molecule has 0 saturated carbocycles. The van der Waals surface area contributed by atoms with Gasteiger partial charge in [0.05, 0.1) is 5.92 Å². The highest BCUT2D eigenvalue weighted by Crippen LogP contribution is 2.32. The number of rotatable bonds is 3. The Morgan fingerprint density at radius 1 is 1.00 bits per heavy atom. The molecule has 2 fully saturated rings. The van der Waals surface area contributed by atoms with E-state index < -0.39 is 5.97 Å². The van der Waals surface area contributed by atoms with Gasteiger partial charge in [-0.3, -0.25) is 9.59 Å². The van der Waals surface area contributed by atoms with Crippen LogP contribution in [0.4, 0.5) is 0 Å².